The highest BCUT2D eigenvalue weighted by atomic mass is 127. The summed E-state index contributed by atoms with van der Waals surface area (Å²) in [6.45, 7) is 2.06. The van der Waals surface area contributed by atoms with Crippen LogP contribution in [0.25, 0.3) is 0 Å². The van der Waals surface area contributed by atoms with Gasteiger partial charge >= 0.3 is 0 Å². The van der Waals surface area contributed by atoms with Crippen LogP contribution in [0.4, 0.5) is 0 Å². The van der Waals surface area contributed by atoms with Crippen molar-refractivity contribution < 1.29 is 0 Å². The first-order chi connectivity index (χ1) is 4.74. The van der Waals surface area contributed by atoms with E-state index in [1.165, 1.54) is 16.6 Å². The molecule has 0 radical (unpaired) electrons. The summed E-state index contributed by atoms with van der Waals surface area (Å²) in [7, 11) is 0. The van der Waals surface area contributed by atoms with E-state index < -0.39 is 0 Å². The Bertz CT molecular complexity index is 244. The predicted molar refractivity (Wildman–Crippen MR) is 64.8 cm³/mol. The van der Waals surface area contributed by atoms with Crippen LogP contribution in [-0.2, 0) is 0 Å². The third-order valence-corrected chi connectivity index (χ3v) is 2.94. The Morgan fingerprint density at radius 3 is 2.55 bits per heavy atom. The Hall–Kier alpha value is 0.450. The Kier molecular flexibility index (Phi) is 5.37. The number of thioether (sulfide) groups is 1. The molecule has 0 atom stereocenters. The maximum Gasteiger partial charge on any atom is 0.104 e. The van der Waals surface area contributed by atoms with Crippen LogP contribution in [0.15, 0.2) is 12.1 Å². The zero-order valence-corrected chi connectivity index (χ0v) is 10.3. The molecule has 0 unspecified atom stereocenters. The highest BCUT2D eigenvalue weighted by Crippen LogP contribution is 2.19. The second-order valence-corrected chi connectivity index (χ2v) is 4.05. The summed E-state index contributed by atoms with van der Waals surface area (Å²) in [5, 5.41) is 8.13. The third-order valence-electron chi connectivity index (χ3n) is 1.17. The summed E-state index contributed by atoms with van der Waals surface area (Å²) in [5.41, 5.74) is 0. The summed E-state index contributed by atoms with van der Waals surface area (Å²) in [4.78, 5) is 2.35. The molecule has 0 aliphatic carbocycles. The Morgan fingerprint density at radius 2 is 2.18 bits per heavy atom. The Balaban J connectivity index is 0.000001000. The van der Waals surface area contributed by atoms with E-state index in [9.17, 15) is 0 Å². The predicted octanol–water partition coefficient (Wildman–Crippen LogP) is 3.36. The van der Waals surface area contributed by atoms with Gasteiger partial charge in [-0.1, -0.05) is 0 Å². The molecule has 4 heteroatoms. The number of nitrogens with one attached hydrogen (secondary N) is 1. The summed E-state index contributed by atoms with van der Waals surface area (Å²) in [6.07, 6.45) is 1.93. The molecule has 0 fully saturated rings. The first-order valence-electron chi connectivity index (χ1n) is 2.93. The molecule has 0 aliphatic rings. The summed E-state index contributed by atoms with van der Waals surface area (Å²) >= 11 is 3.16. The van der Waals surface area contributed by atoms with Crippen molar-refractivity contribution >= 4 is 52.1 Å². The summed E-state index contributed by atoms with van der Waals surface area (Å²) < 4.78 is 0. The van der Waals surface area contributed by atoms with Crippen LogP contribution in [-0.4, -0.2) is 11.3 Å². The van der Waals surface area contributed by atoms with E-state index in [4.69, 9.17) is 5.41 Å². The zero-order chi connectivity index (χ0) is 7.56. The maximum absolute atomic E-state index is 7.47. The number of rotatable bonds is 1. The first kappa shape index (κ1) is 11.4. The highest BCUT2D eigenvalue weighted by molar-refractivity contribution is 14.0. The minimum atomic E-state index is 0. The van der Waals surface area contributed by atoms with Gasteiger partial charge in [-0.2, -0.15) is 0 Å². The van der Waals surface area contributed by atoms with Crippen LogP contribution >= 0.6 is 47.1 Å². The molecular weight excluding hydrogens is 289 g/mol. The summed E-state index contributed by atoms with van der Waals surface area (Å²) in [5.74, 6) is 0. The van der Waals surface area contributed by atoms with Gasteiger partial charge < -0.3 is 0 Å². The van der Waals surface area contributed by atoms with Crippen LogP contribution < -0.4 is 0 Å². The molecule has 1 rings (SSSR count). The van der Waals surface area contributed by atoms with Gasteiger partial charge in [0.2, 0.25) is 0 Å². The van der Waals surface area contributed by atoms with Crippen molar-refractivity contribution in [2.45, 2.75) is 6.92 Å². The molecule has 0 saturated heterocycles. The second kappa shape index (κ2) is 5.16. The topological polar surface area (TPSA) is 23.9 Å². The molecule has 1 N–H and O–H groups in total. The lowest BCUT2D eigenvalue weighted by molar-refractivity contribution is 1.56. The molecular formula is C7H10INS2. The van der Waals surface area contributed by atoms with E-state index in [0.29, 0.717) is 5.04 Å². The number of halogens is 1. The van der Waals surface area contributed by atoms with E-state index in [2.05, 4.69) is 6.92 Å². The first-order valence-corrected chi connectivity index (χ1v) is 4.97. The quantitative estimate of drug-likeness (QED) is 0.480. The fourth-order valence-corrected chi connectivity index (χ4v) is 2.01. The van der Waals surface area contributed by atoms with Gasteiger partial charge in [-0.05, 0) is 25.3 Å². The smallest absolute Gasteiger partial charge is 0.104 e. The Labute approximate surface area is 92.1 Å². The lowest BCUT2D eigenvalue weighted by Gasteiger charge is -1.91. The molecule has 0 amide bonds. The van der Waals surface area contributed by atoms with E-state index in [1.807, 2.05) is 18.4 Å². The van der Waals surface area contributed by atoms with Gasteiger partial charge in [-0.3, -0.25) is 5.41 Å². The van der Waals surface area contributed by atoms with Gasteiger partial charge in [0.1, 0.15) is 5.04 Å². The number of hydrogen-bond donors (Lipinski definition) is 1. The maximum atomic E-state index is 7.47. The van der Waals surface area contributed by atoms with Crippen LogP contribution in [0.3, 0.4) is 0 Å². The SMILES string of the molecule is CSC(=N)c1ccc(C)s1.I. The van der Waals surface area contributed by atoms with Gasteiger partial charge in [0.15, 0.2) is 0 Å². The standard InChI is InChI=1S/C7H9NS2.HI/c1-5-3-4-6(10-5)7(8)9-2;/h3-4,8H,1-2H3;1H. The highest BCUT2D eigenvalue weighted by Gasteiger charge is 2.00. The van der Waals surface area contributed by atoms with Gasteiger partial charge in [-0.25, -0.2) is 0 Å². The molecule has 0 saturated carbocycles. The fourth-order valence-electron chi connectivity index (χ4n) is 0.657. The molecule has 1 aromatic rings. The molecule has 11 heavy (non-hydrogen) atoms. The van der Waals surface area contributed by atoms with Crippen molar-refractivity contribution in [2.75, 3.05) is 6.26 Å². The van der Waals surface area contributed by atoms with Crippen molar-refractivity contribution in [3.05, 3.63) is 21.9 Å². The molecule has 0 bridgehead atoms. The van der Waals surface area contributed by atoms with Crippen LogP contribution in [0.2, 0.25) is 0 Å². The monoisotopic (exact) mass is 299 g/mol. The average molecular weight is 299 g/mol. The lowest BCUT2D eigenvalue weighted by atomic mass is 10.4. The van der Waals surface area contributed by atoms with Crippen LogP contribution in [0, 0.1) is 12.3 Å². The normalized spacial score (nSPS) is 8.91. The van der Waals surface area contributed by atoms with Crippen LogP contribution in [0.1, 0.15) is 9.75 Å². The molecule has 1 heterocycles. The lowest BCUT2D eigenvalue weighted by Crippen LogP contribution is -1.84. The van der Waals surface area contributed by atoms with Crippen molar-refractivity contribution in [3.8, 4) is 0 Å². The molecule has 0 aliphatic heterocycles. The van der Waals surface area contributed by atoms with Gasteiger partial charge in [0.25, 0.3) is 0 Å². The molecule has 62 valence electrons. The minimum absolute atomic E-state index is 0. The second-order valence-electron chi connectivity index (χ2n) is 1.94. The van der Waals surface area contributed by atoms with Gasteiger partial charge in [0, 0.05) is 4.88 Å². The molecule has 0 spiro atoms. The largest absolute Gasteiger partial charge is 0.293 e. The van der Waals surface area contributed by atoms with E-state index >= 15 is 0 Å². The number of thiophene rings is 1. The van der Waals surface area contributed by atoms with Crippen molar-refractivity contribution in [1.82, 2.24) is 0 Å². The fraction of sp³-hybridized carbons (Fsp3) is 0.286. The van der Waals surface area contributed by atoms with Crippen LogP contribution in [0.5, 0.6) is 0 Å². The van der Waals surface area contributed by atoms with Crippen molar-refractivity contribution in [2.24, 2.45) is 0 Å². The van der Waals surface area contributed by atoms with E-state index in [0.717, 1.165) is 4.88 Å². The van der Waals surface area contributed by atoms with Crippen molar-refractivity contribution in [1.29, 1.82) is 5.41 Å². The number of hydrogen-bond acceptors (Lipinski definition) is 3. The third kappa shape index (κ3) is 3.13. The molecule has 1 aromatic heterocycles. The average Bonchev–Trinajstić information content (AvgIpc) is 2.34. The summed E-state index contributed by atoms with van der Waals surface area (Å²) in [6, 6.07) is 4.05. The number of aryl methyl sites for hydroxylation is 1. The van der Waals surface area contributed by atoms with Gasteiger partial charge in [-0.15, -0.1) is 47.1 Å². The van der Waals surface area contributed by atoms with Gasteiger partial charge in [0.05, 0.1) is 4.88 Å². The molecule has 1 nitrogen and oxygen atoms in total. The van der Waals surface area contributed by atoms with E-state index in [-0.39, 0.29) is 24.0 Å². The molecule has 0 aromatic carbocycles. The Morgan fingerprint density at radius 1 is 1.55 bits per heavy atom. The van der Waals surface area contributed by atoms with Crippen molar-refractivity contribution in [3.63, 3.8) is 0 Å². The van der Waals surface area contributed by atoms with E-state index in [1.54, 1.807) is 11.3 Å². The zero-order valence-electron chi connectivity index (χ0n) is 6.38. The minimum Gasteiger partial charge on any atom is -0.293 e.